The molecule has 4 aliphatic rings. The molecular weight excluding hydrogens is 957 g/mol. The van der Waals surface area contributed by atoms with Gasteiger partial charge in [-0.2, -0.15) is 0 Å². The van der Waals surface area contributed by atoms with Crippen molar-refractivity contribution in [2.75, 3.05) is 0 Å². The fraction of sp³-hybridized carbons (Fsp3) is 0.296. The molecule has 0 aliphatic carbocycles. The largest absolute Gasteiger partial charge is 0.478 e. The van der Waals surface area contributed by atoms with Crippen molar-refractivity contribution in [3.63, 3.8) is 0 Å². The van der Waals surface area contributed by atoms with Gasteiger partial charge in [0, 0.05) is 72.2 Å². The molecule has 11 rings (SSSR count). The van der Waals surface area contributed by atoms with Crippen LogP contribution in [0, 0.1) is 62.3 Å². The average molecular weight is 1030 g/mol. The summed E-state index contributed by atoms with van der Waals surface area (Å²) < 4.78 is 7.28. The number of aryl methyl sites for hydroxylation is 9. The number of aromatic nitrogens is 2. The number of nitrogens with zero attached hydrogens (tertiary/aromatic N) is 1. The number of carboxylic acid groups (broad SMARTS) is 1. The quantitative estimate of drug-likeness (QED) is 0.138. The molecule has 0 spiro atoms. The number of aromatic amines is 2. The van der Waals surface area contributed by atoms with Crippen LogP contribution in [0.4, 0.5) is 0 Å². The molecule has 4 aliphatic heterocycles. The molecule has 0 amide bonds. The molecule has 78 heavy (non-hydrogen) atoms. The van der Waals surface area contributed by atoms with Gasteiger partial charge in [-0.25, -0.2) is 9.79 Å². The zero-order valence-electron chi connectivity index (χ0n) is 48.7. The number of fused-ring (bicyclic) bond motifs is 9. The fourth-order valence-corrected chi connectivity index (χ4v) is 13.1. The molecule has 0 fully saturated rings. The zero-order valence-corrected chi connectivity index (χ0v) is 48.7. The van der Waals surface area contributed by atoms with Gasteiger partial charge in [0.25, 0.3) is 0 Å². The lowest BCUT2D eigenvalue weighted by Crippen LogP contribution is -2.31. The average Bonchev–Trinajstić information content (AvgIpc) is 4.26. The minimum atomic E-state index is -1.02. The Morgan fingerprint density at radius 1 is 0.564 bits per heavy atom. The van der Waals surface area contributed by atoms with Crippen LogP contribution in [-0.2, 0) is 16.2 Å². The van der Waals surface area contributed by atoms with Crippen LogP contribution in [0.1, 0.15) is 172 Å². The predicted octanol–water partition coefficient (Wildman–Crippen LogP) is 15.0. The first-order valence-electron chi connectivity index (χ1n) is 27.6. The summed E-state index contributed by atoms with van der Waals surface area (Å²) in [5, 5.41) is 17.2. The van der Waals surface area contributed by atoms with Gasteiger partial charge in [0.05, 0.1) is 17.5 Å². The predicted molar refractivity (Wildman–Crippen MR) is 322 cm³/mol. The Labute approximate surface area is 461 Å². The highest BCUT2D eigenvalue weighted by molar-refractivity contribution is 6.32. The number of aliphatic imine (C=N–C) groups is 1. The second kappa shape index (κ2) is 18.4. The van der Waals surface area contributed by atoms with Crippen LogP contribution in [0.2, 0.25) is 0 Å². The Bertz CT molecular complexity index is 4010. The van der Waals surface area contributed by atoms with Crippen molar-refractivity contribution >= 4 is 34.0 Å². The van der Waals surface area contributed by atoms with Crippen LogP contribution < -0.4 is 20.8 Å². The van der Waals surface area contributed by atoms with E-state index in [1.165, 1.54) is 50.1 Å². The number of carbonyl (C=O) groups is 1. The Hall–Kier alpha value is -7.90. The zero-order chi connectivity index (χ0) is 55.8. The Morgan fingerprint density at radius 3 is 1.62 bits per heavy atom. The maximum Gasteiger partial charge on any atom is 0.339 e. The molecule has 4 N–H and O–H groups in total. The lowest BCUT2D eigenvalue weighted by molar-refractivity contribution is 0.0693. The summed E-state index contributed by atoms with van der Waals surface area (Å²) in [6.45, 7) is 37.4. The summed E-state index contributed by atoms with van der Waals surface area (Å²) in [4.78, 5) is 27.4. The Balaban J connectivity index is 1.28. The fourth-order valence-electron chi connectivity index (χ4n) is 13.1. The van der Waals surface area contributed by atoms with Crippen molar-refractivity contribution in [3.8, 4) is 11.5 Å². The van der Waals surface area contributed by atoms with E-state index in [1.807, 2.05) is 0 Å². The van der Waals surface area contributed by atoms with E-state index in [0.29, 0.717) is 11.5 Å². The molecule has 1 unspecified atom stereocenters. The third-order valence-corrected chi connectivity index (χ3v) is 16.7. The van der Waals surface area contributed by atoms with Gasteiger partial charge in [-0.3, -0.25) is 0 Å². The van der Waals surface area contributed by atoms with Gasteiger partial charge in [-0.15, -0.1) is 0 Å². The highest BCUT2D eigenvalue weighted by Gasteiger charge is 2.42. The van der Waals surface area contributed by atoms with Crippen LogP contribution in [-0.4, -0.2) is 32.8 Å². The molecule has 6 heterocycles. The number of allylic oxidation sites excluding steroid dienone is 4. The molecule has 1 atom stereocenters. The van der Waals surface area contributed by atoms with E-state index in [0.717, 1.165) is 106 Å². The number of hydrogen-bond acceptors (Lipinski definition) is 4. The normalized spacial score (nSPS) is 19.9. The molecule has 7 aromatic rings. The van der Waals surface area contributed by atoms with Gasteiger partial charge in [-0.1, -0.05) is 127 Å². The van der Waals surface area contributed by atoms with Gasteiger partial charge in [0.1, 0.15) is 17.1 Å². The maximum absolute atomic E-state index is 13.5. The SMILES string of the molecule is Cc1cc(C)c(/C2=C3\C=CC(=N3)/C(c3cc(C(C)(C)C)cc4c3Oc3c(C(=O)O)cc(C(C)(C)C)cc3C4(C)C)=C3/C=CC(N3)/C(c3c(C)cc(C)cc3C)=c3/cc/c([nH]3)=C(\c3c(C)cc(C)cc3C)c3ccc2[nH]3)c(C)c1. The van der Waals surface area contributed by atoms with E-state index in [2.05, 4.69) is 236 Å². The van der Waals surface area contributed by atoms with Crippen LogP contribution in [0.25, 0.3) is 22.3 Å². The monoisotopic (exact) mass is 1030 g/mol. The molecule has 0 saturated carbocycles. The number of hydrogen-bond donors (Lipinski definition) is 4. The third-order valence-electron chi connectivity index (χ3n) is 16.7. The van der Waals surface area contributed by atoms with Crippen molar-refractivity contribution in [2.45, 2.75) is 140 Å². The molecule has 7 nitrogen and oxygen atoms in total. The first-order chi connectivity index (χ1) is 36.7. The van der Waals surface area contributed by atoms with E-state index in [-0.39, 0.29) is 22.4 Å². The Kier molecular flexibility index (Phi) is 12.3. The van der Waals surface area contributed by atoms with Crippen molar-refractivity contribution < 1.29 is 14.6 Å². The number of H-pyrrole nitrogens is 2. The van der Waals surface area contributed by atoms with E-state index in [1.54, 1.807) is 6.07 Å². The summed E-state index contributed by atoms with van der Waals surface area (Å²) in [6.07, 6.45) is 8.83. The minimum absolute atomic E-state index is 0.153. The summed E-state index contributed by atoms with van der Waals surface area (Å²) in [5.74, 6) is -0.0203. The second-order valence-electron chi connectivity index (χ2n) is 25.4. The number of ether oxygens (including phenoxy) is 1. The van der Waals surface area contributed by atoms with E-state index >= 15 is 0 Å². The van der Waals surface area contributed by atoms with E-state index < -0.39 is 11.4 Å². The van der Waals surface area contributed by atoms with Crippen LogP contribution in [0.15, 0.2) is 126 Å². The lowest BCUT2D eigenvalue weighted by atomic mass is 9.70. The molecule has 396 valence electrons. The highest BCUT2D eigenvalue weighted by atomic mass is 16.5. The third kappa shape index (κ3) is 8.67. The lowest BCUT2D eigenvalue weighted by Gasteiger charge is -2.39. The Morgan fingerprint density at radius 2 is 1.06 bits per heavy atom. The molecule has 7 heteroatoms. The maximum atomic E-state index is 13.5. The number of carboxylic acids is 1. The summed E-state index contributed by atoms with van der Waals surface area (Å²) in [5.41, 5.74) is 26.5. The molecule has 0 radical (unpaired) electrons. The van der Waals surface area contributed by atoms with Crippen LogP contribution in [0.3, 0.4) is 0 Å². The first-order valence-corrected chi connectivity index (χ1v) is 27.6. The number of rotatable bonds is 5. The number of aromatic carboxylic acids is 1. The van der Waals surface area contributed by atoms with E-state index in [9.17, 15) is 9.90 Å². The standard InChI is InChI=1S/C71H74N4O3/c1-36-26-39(4)59(40(5)27-36)63-53-20-18-51(72-53)62(47-32-45(69(10,11)12)34-49-66(47)78-67-48(68(76)77)33-46(70(13,14)15)35-50(67)71(49,16)17)52-19-21-54(73-52)64(60-41(6)28-37(2)29-42(60)7)56-23-25-58(75-56)65(57-24-22-55(63)74-57)61-43(8)30-38(3)31-44(61)9/h18-35,53,72,74-75H,1-17H3,(H,76,77)/b62-51-,63-55+,64-54+,65-57+. The number of benzene rings is 5. The topological polar surface area (TPSA) is 102 Å². The second-order valence-corrected chi connectivity index (χ2v) is 25.4. The first kappa shape index (κ1) is 52.2. The van der Waals surface area contributed by atoms with Gasteiger partial charge in [0.2, 0.25) is 0 Å². The smallest absolute Gasteiger partial charge is 0.339 e. The molecule has 8 bridgehead atoms. The summed E-state index contributed by atoms with van der Waals surface area (Å²) >= 11 is 0. The number of nitrogens with one attached hydrogen (secondary N) is 3. The van der Waals surface area contributed by atoms with E-state index in [4.69, 9.17) is 9.73 Å². The van der Waals surface area contributed by atoms with Gasteiger partial charge in [0.15, 0.2) is 0 Å². The van der Waals surface area contributed by atoms with Crippen LogP contribution >= 0.6 is 0 Å². The molecule has 2 aromatic heterocycles. The summed E-state index contributed by atoms with van der Waals surface area (Å²) in [6, 6.07) is 30.9. The highest BCUT2D eigenvalue weighted by Crippen LogP contribution is 2.55. The van der Waals surface area contributed by atoms with Gasteiger partial charge >= 0.3 is 5.97 Å². The summed E-state index contributed by atoms with van der Waals surface area (Å²) in [7, 11) is 0. The van der Waals surface area contributed by atoms with Gasteiger partial charge < -0.3 is 25.1 Å². The van der Waals surface area contributed by atoms with Crippen molar-refractivity contribution in [1.29, 1.82) is 0 Å². The van der Waals surface area contributed by atoms with Crippen molar-refractivity contribution in [3.05, 3.63) is 243 Å². The van der Waals surface area contributed by atoms with Gasteiger partial charge in [-0.05, 0) is 189 Å². The van der Waals surface area contributed by atoms with Crippen molar-refractivity contribution in [2.24, 2.45) is 4.99 Å². The molecule has 5 aromatic carbocycles. The molecular formula is C71H74N4O3. The molecule has 0 saturated heterocycles. The minimum Gasteiger partial charge on any atom is -0.478 e. The van der Waals surface area contributed by atoms with Crippen molar-refractivity contribution in [1.82, 2.24) is 15.3 Å². The van der Waals surface area contributed by atoms with Crippen LogP contribution in [0.5, 0.6) is 11.5 Å².